The van der Waals surface area contributed by atoms with Crippen LogP contribution in [0.2, 0.25) is 5.15 Å². The molecule has 1 heterocycles. The highest BCUT2D eigenvalue weighted by atomic mass is 35.5. The van der Waals surface area contributed by atoms with Crippen molar-refractivity contribution in [1.29, 1.82) is 0 Å². The molecule has 0 aliphatic heterocycles. The van der Waals surface area contributed by atoms with Gasteiger partial charge in [-0.05, 0) is 25.5 Å². The number of methoxy groups -OCH3 is 3. The number of amides is 1. The first-order chi connectivity index (χ1) is 13.5. The van der Waals surface area contributed by atoms with Gasteiger partial charge in [-0.1, -0.05) is 24.9 Å². The molecule has 8 nitrogen and oxygen atoms in total. The van der Waals surface area contributed by atoms with Crippen LogP contribution in [0, 0.1) is 6.92 Å². The molecule has 0 saturated heterocycles. The van der Waals surface area contributed by atoms with E-state index in [4.69, 9.17) is 25.8 Å². The zero-order valence-corrected chi connectivity index (χ0v) is 17.5. The maximum absolute atomic E-state index is 12.5. The second-order valence-corrected chi connectivity index (χ2v) is 6.34. The van der Waals surface area contributed by atoms with E-state index in [1.54, 1.807) is 16.8 Å². The number of benzene rings is 1. The maximum Gasteiger partial charge on any atom is 0.271 e. The van der Waals surface area contributed by atoms with E-state index in [1.165, 1.54) is 27.5 Å². The van der Waals surface area contributed by atoms with E-state index in [-0.39, 0.29) is 0 Å². The molecule has 152 valence electrons. The monoisotopic (exact) mass is 408 g/mol. The number of nitrogens with one attached hydrogen (secondary N) is 1. The third-order valence-electron chi connectivity index (χ3n) is 4.12. The summed E-state index contributed by atoms with van der Waals surface area (Å²) in [4.78, 5) is 12.5. The third kappa shape index (κ3) is 4.75. The van der Waals surface area contributed by atoms with Gasteiger partial charge in [-0.3, -0.25) is 9.48 Å². The molecule has 0 bridgehead atoms. The van der Waals surface area contributed by atoms with E-state index in [0.29, 0.717) is 33.5 Å². The van der Waals surface area contributed by atoms with Gasteiger partial charge in [0.2, 0.25) is 5.75 Å². The van der Waals surface area contributed by atoms with Gasteiger partial charge in [0.25, 0.3) is 5.91 Å². The number of nitrogens with zero attached hydrogens (tertiary/aromatic N) is 3. The van der Waals surface area contributed by atoms with Crippen LogP contribution in [0.15, 0.2) is 17.2 Å². The summed E-state index contributed by atoms with van der Waals surface area (Å²) >= 11 is 6.36. The van der Waals surface area contributed by atoms with Crippen molar-refractivity contribution in [2.45, 2.75) is 33.2 Å². The van der Waals surface area contributed by atoms with Crippen LogP contribution in [-0.2, 0) is 6.54 Å². The number of aryl methyl sites for hydroxylation is 2. The summed E-state index contributed by atoms with van der Waals surface area (Å²) in [6.07, 6.45) is 3.52. The Labute approximate surface area is 169 Å². The molecule has 0 aliphatic rings. The molecule has 0 spiro atoms. The summed E-state index contributed by atoms with van der Waals surface area (Å²) in [6, 6.07) is 3.10. The van der Waals surface area contributed by atoms with Crippen molar-refractivity contribution in [3.63, 3.8) is 0 Å². The minimum Gasteiger partial charge on any atom is -0.493 e. The maximum atomic E-state index is 12.5. The van der Waals surface area contributed by atoms with Crippen molar-refractivity contribution in [3.8, 4) is 17.2 Å². The summed E-state index contributed by atoms with van der Waals surface area (Å²) in [5.41, 5.74) is 4.20. The highest BCUT2D eigenvalue weighted by Crippen LogP contribution is 2.38. The van der Waals surface area contributed by atoms with Gasteiger partial charge in [0.1, 0.15) is 5.15 Å². The molecule has 1 N–H and O–H groups in total. The zero-order chi connectivity index (χ0) is 20.7. The lowest BCUT2D eigenvalue weighted by Crippen LogP contribution is -2.18. The summed E-state index contributed by atoms with van der Waals surface area (Å²) in [5.74, 6) is 0.744. The Hall–Kier alpha value is -2.74. The molecule has 0 unspecified atom stereocenters. The largest absolute Gasteiger partial charge is 0.493 e. The average Bonchev–Trinajstić information content (AvgIpc) is 2.98. The fraction of sp³-hybridized carbons (Fsp3) is 0.421. The second kappa shape index (κ2) is 9.98. The van der Waals surface area contributed by atoms with Crippen LogP contribution >= 0.6 is 11.6 Å². The Balaban J connectivity index is 2.17. The number of aromatic nitrogens is 2. The average molecular weight is 409 g/mol. The molecule has 0 aliphatic carbocycles. The first-order valence-corrected chi connectivity index (χ1v) is 9.20. The number of hydrazone groups is 1. The minimum atomic E-state index is -0.428. The van der Waals surface area contributed by atoms with Crippen LogP contribution < -0.4 is 19.6 Å². The Morgan fingerprint density at radius 2 is 1.89 bits per heavy atom. The van der Waals surface area contributed by atoms with Crippen LogP contribution in [0.1, 0.15) is 41.4 Å². The molecule has 1 amide bonds. The standard InChI is InChI=1S/C19H25ClN4O4/c1-6-7-8-24-18(20)14(12(2)23-24)11-21-22-19(25)13-9-15(26-3)17(28-5)16(10-13)27-4/h9-11H,6-8H2,1-5H3,(H,22,25)/b21-11-. The summed E-state index contributed by atoms with van der Waals surface area (Å²) in [5, 5.41) is 8.91. The Kier molecular flexibility index (Phi) is 7.69. The number of carbonyl (C=O) groups is 1. The first-order valence-electron chi connectivity index (χ1n) is 8.83. The Morgan fingerprint density at radius 3 is 2.43 bits per heavy atom. The van der Waals surface area contributed by atoms with Crippen LogP contribution in [0.5, 0.6) is 17.2 Å². The minimum absolute atomic E-state index is 0.313. The van der Waals surface area contributed by atoms with Gasteiger partial charge < -0.3 is 14.2 Å². The van der Waals surface area contributed by atoms with Crippen LogP contribution in [-0.4, -0.2) is 43.2 Å². The van der Waals surface area contributed by atoms with Crippen molar-refractivity contribution in [3.05, 3.63) is 34.1 Å². The van der Waals surface area contributed by atoms with Gasteiger partial charge in [-0.25, -0.2) is 5.43 Å². The molecule has 2 aromatic rings. The van der Waals surface area contributed by atoms with E-state index < -0.39 is 5.91 Å². The summed E-state index contributed by atoms with van der Waals surface area (Å²) in [7, 11) is 4.47. The highest BCUT2D eigenvalue weighted by Gasteiger charge is 2.17. The fourth-order valence-electron chi connectivity index (χ4n) is 2.60. The molecule has 0 fully saturated rings. The molecule has 0 atom stereocenters. The summed E-state index contributed by atoms with van der Waals surface area (Å²) in [6.45, 7) is 4.68. The molecule has 1 aromatic carbocycles. The molecule has 0 radical (unpaired) electrons. The topological polar surface area (TPSA) is 87.0 Å². The quantitative estimate of drug-likeness (QED) is 0.507. The predicted octanol–water partition coefficient (Wildman–Crippen LogP) is 3.43. The van der Waals surface area contributed by atoms with Gasteiger partial charge >= 0.3 is 0 Å². The van der Waals surface area contributed by atoms with Crippen molar-refractivity contribution in [2.24, 2.45) is 5.10 Å². The molecule has 9 heteroatoms. The number of carbonyl (C=O) groups excluding carboxylic acids is 1. The predicted molar refractivity (Wildman–Crippen MR) is 108 cm³/mol. The number of unbranched alkanes of at least 4 members (excludes halogenated alkanes) is 1. The molecular weight excluding hydrogens is 384 g/mol. The number of halogens is 1. The molecule has 0 saturated carbocycles. The molecule has 1 aromatic heterocycles. The number of hydrogen-bond donors (Lipinski definition) is 1. The van der Waals surface area contributed by atoms with Crippen LogP contribution in [0.3, 0.4) is 0 Å². The van der Waals surface area contributed by atoms with Crippen molar-refractivity contribution < 1.29 is 19.0 Å². The third-order valence-corrected chi connectivity index (χ3v) is 4.52. The normalized spacial score (nSPS) is 10.9. The van der Waals surface area contributed by atoms with Gasteiger partial charge in [0.05, 0.1) is 38.8 Å². The number of hydrogen-bond acceptors (Lipinski definition) is 6. The fourth-order valence-corrected chi connectivity index (χ4v) is 2.91. The van der Waals surface area contributed by atoms with Crippen LogP contribution in [0.4, 0.5) is 0 Å². The van der Waals surface area contributed by atoms with Crippen LogP contribution in [0.25, 0.3) is 0 Å². The zero-order valence-electron chi connectivity index (χ0n) is 16.7. The van der Waals surface area contributed by atoms with Crippen molar-refractivity contribution >= 4 is 23.7 Å². The van der Waals surface area contributed by atoms with Gasteiger partial charge in [-0.15, -0.1) is 0 Å². The van der Waals surface area contributed by atoms with Crippen molar-refractivity contribution in [1.82, 2.24) is 15.2 Å². The van der Waals surface area contributed by atoms with E-state index >= 15 is 0 Å². The summed E-state index contributed by atoms with van der Waals surface area (Å²) < 4.78 is 17.5. The van der Waals surface area contributed by atoms with E-state index in [9.17, 15) is 4.79 Å². The van der Waals surface area contributed by atoms with E-state index in [1.807, 2.05) is 6.92 Å². The second-order valence-electron chi connectivity index (χ2n) is 5.98. The molecule has 28 heavy (non-hydrogen) atoms. The smallest absolute Gasteiger partial charge is 0.271 e. The SMILES string of the molecule is CCCCn1nc(C)c(/C=N\NC(=O)c2cc(OC)c(OC)c(OC)c2)c1Cl. The molecule has 2 rings (SSSR count). The van der Waals surface area contributed by atoms with Gasteiger partial charge in [-0.2, -0.15) is 10.2 Å². The van der Waals surface area contributed by atoms with Gasteiger partial charge in [0, 0.05) is 12.1 Å². The van der Waals surface area contributed by atoms with Gasteiger partial charge in [0.15, 0.2) is 11.5 Å². The Morgan fingerprint density at radius 1 is 1.25 bits per heavy atom. The van der Waals surface area contributed by atoms with E-state index in [0.717, 1.165) is 25.1 Å². The lowest BCUT2D eigenvalue weighted by molar-refractivity contribution is 0.0954. The lowest BCUT2D eigenvalue weighted by atomic mass is 10.1. The highest BCUT2D eigenvalue weighted by molar-refractivity contribution is 6.32. The lowest BCUT2D eigenvalue weighted by Gasteiger charge is -2.13. The van der Waals surface area contributed by atoms with Crippen molar-refractivity contribution in [2.75, 3.05) is 21.3 Å². The Bertz CT molecular complexity index is 839. The first kappa shape index (κ1) is 21.6. The number of rotatable bonds is 9. The molecular formula is C19H25ClN4O4. The number of ether oxygens (including phenoxy) is 3. The van der Waals surface area contributed by atoms with E-state index in [2.05, 4.69) is 22.5 Å².